The molecule has 1 unspecified atom stereocenters. The average molecular weight is 392 g/mol. The molecule has 10 atom stereocenters. The molecule has 1 saturated heterocycles. The zero-order valence-electron chi connectivity index (χ0n) is 17.1. The first-order valence-electron chi connectivity index (χ1n) is 11.0. The van der Waals surface area contributed by atoms with Crippen molar-refractivity contribution in [1.82, 2.24) is 0 Å². The van der Waals surface area contributed by atoms with Crippen LogP contribution in [-0.2, 0) is 19.1 Å². The van der Waals surface area contributed by atoms with E-state index in [0.29, 0.717) is 24.2 Å². The summed E-state index contributed by atoms with van der Waals surface area (Å²) in [5.74, 6) is 0.467. The van der Waals surface area contributed by atoms with Gasteiger partial charge in [-0.15, -0.1) is 0 Å². The van der Waals surface area contributed by atoms with Crippen LogP contribution < -0.4 is 5.73 Å². The summed E-state index contributed by atoms with van der Waals surface area (Å²) in [5, 5.41) is 10.6. The van der Waals surface area contributed by atoms with Gasteiger partial charge in [0.1, 0.15) is 17.8 Å². The van der Waals surface area contributed by atoms with Crippen LogP contribution >= 0.6 is 0 Å². The van der Waals surface area contributed by atoms with Gasteiger partial charge in [0, 0.05) is 17.8 Å². The Bertz CT molecular complexity index is 726. The van der Waals surface area contributed by atoms with Crippen LogP contribution in [0.1, 0.15) is 65.7 Å². The summed E-state index contributed by atoms with van der Waals surface area (Å²) in [6.45, 7) is 6.11. The minimum atomic E-state index is -0.768. The standard InChI is InChI=1S/C22H33NO5/c1-11(24)27-16-5-4-14-12-6-9-22-18(28-22)17(25)13(19(23)26)10-21(22,3)15(12)7-8-20(14,16)2/h12-18,25H,4-10H2,1-3H3,(H2,23,26)/t12-,13?,14-,15-,16-,17-,18+,20-,21+,22+/m0/s1. The maximum Gasteiger partial charge on any atom is 0.302 e. The highest BCUT2D eigenvalue weighted by atomic mass is 16.6. The molecule has 6 nitrogen and oxygen atoms in total. The van der Waals surface area contributed by atoms with Crippen LogP contribution in [0.25, 0.3) is 0 Å². The Morgan fingerprint density at radius 2 is 1.86 bits per heavy atom. The van der Waals surface area contributed by atoms with Crippen molar-refractivity contribution in [2.24, 2.45) is 40.2 Å². The molecule has 1 amide bonds. The highest BCUT2D eigenvalue weighted by molar-refractivity contribution is 5.78. The molecule has 156 valence electrons. The molecule has 4 aliphatic carbocycles. The summed E-state index contributed by atoms with van der Waals surface area (Å²) in [5.41, 5.74) is 5.30. The summed E-state index contributed by atoms with van der Waals surface area (Å²) < 4.78 is 11.9. The van der Waals surface area contributed by atoms with E-state index in [0.717, 1.165) is 38.5 Å². The number of amides is 1. The van der Waals surface area contributed by atoms with E-state index in [4.69, 9.17) is 15.2 Å². The van der Waals surface area contributed by atoms with Crippen molar-refractivity contribution < 1.29 is 24.2 Å². The van der Waals surface area contributed by atoms with E-state index >= 15 is 0 Å². The molecular weight excluding hydrogens is 358 g/mol. The molecule has 1 spiro atoms. The fourth-order valence-corrected chi connectivity index (χ4v) is 8.39. The lowest BCUT2D eigenvalue weighted by atomic mass is 9.44. The molecule has 4 saturated carbocycles. The Morgan fingerprint density at radius 1 is 1.11 bits per heavy atom. The molecule has 6 heteroatoms. The molecule has 3 N–H and O–H groups in total. The van der Waals surface area contributed by atoms with Crippen LogP contribution in [0.3, 0.4) is 0 Å². The van der Waals surface area contributed by atoms with E-state index in [-0.39, 0.29) is 34.6 Å². The molecule has 0 radical (unpaired) electrons. The second kappa shape index (κ2) is 5.72. The van der Waals surface area contributed by atoms with E-state index in [1.165, 1.54) is 6.92 Å². The Balaban J connectivity index is 1.45. The fraction of sp³-hybridized carbons (Fsp3) is 0.909. The SMILES string of the molecule is CC(=O)O[C@H]1CC[C@H]2[C@@H]3CC[C@@]45O[C@@H]4[C@@H](O)C(C(N)=O)C[C@]5(C)[C@H]3CC[C@]12C. The summed E-state index contributed by atoms with van der Waals surface area (Å²) in [7, 11) is 0. The maximum atomic E-state index is 12.0. The van der Waals surface area contributed by atoms with Gasteiger partial charge < -0.3 is 20.3 Å². The lowest BCUT2D eigenvalue weighted by molar-refractivity contribution is -0.164. The molecular formula is C22H33NO5. The van der Waals surface area contributed by atoms with Gasteiger partial charge in [0.05, 0.1) is 12.0 Å². The molecule has 5 aliphatic rings. The maximum absolute atomic E-state index is 12.0. The van der Waals surface area contributed by atoms with E-state index in [1.807, 2.05) is 0 Å². The first kappa shape index (κ1) is 18.9. The molecule has 0 aromatic rings. The highest BCUT2D eigenvalue weighted by Crippen LogP contribution is 2.73. The summed E-state index contributed by atoms with van der Waals surface area (Å²) in [6, 6.07) is 0. The van der Waals surface area contributed by atoms with Crippen molar-refractivity contribution in [3.63, 3.8) is 0 Å². The number of carbonyl (C=O) groups is 2. The number of aliphatic hydroxyl groups is 1. The first-order valence-corrected chi connectivity index (χ1v) is 11.0. The topological polar surface area (TPSA) is 102 Å². The van der Waals surface area contributed by atoms with E-state index in [2.05, 4.69) is 13.8 Å². The van der Waals surface area contributed by atoms with E-state index in [9.17, 15) is 14.7 Å². The van der Waals surface area contributed by atoms with Crippen LogP contribution in [0.15, 0.2) is 0 Å². The van der Waals surface area contributed by atoms with Crippen LogP contribution in [-0.4, -0.2) is 40.9 Å². The van der Waals surface area contributed by atoms with E-state index < -0.39 is 17.9 Å². The number of carbonyl (C=O) groups excluding carboxylic acids is 2. The third-order valence-electron chi connectivity index (χ3n) is 9.76. The second-order valence-electron chi connectivity index (χ2n) is 10.7. The number of rotatable bonds is 2. The van der Waals surface area contributed by atoms with Gasteiger partial charge in [-0.1, -0.05) is 13.8 Å². The molecule has 1 aliphatic heterocycles. The largest absolute Gasteiger partial charge is 0.462 e. The highest BCUT2D eigenvalue weighted by Gasteiger charge is 2.78. The van der Waals surface area contributed by atoms with Crippen molar-refractivity contribution >= 4 is 11.9 Å². The minimum Gasteiger partial charge on any atom is -0.462 e. The molecule has 1 heterocycles. The summed E-state index contributed by atoms with van der Waals surface area (Å²) in [6.07, 6.45) is 5.83. The quantitative estimate of drug-likeness (QED) is 0.555. The molecule has 0 bridgehead atoms. The summed E-state index contributed by atoms with van der Waals surface area (Å²) in [4.78, 5) is 23.7. The van der Waals surface area contributed by atoms with Gasteiger partial charge in [-0.2, -0.15) is 0 Å². The Labute approximate surface area is 166 Å². The predicted molar refractivity (Wildman–Crippen MR) is 101 cm³/mol. The van der Waals surface area contributed by atoms with Gasteiger partial charge in [-0.25, -0.2) is 0 Å². The Kier molecular flexibility index (Phi) is 3.85. The number of fused-ring (bicyclic) bond motifs is 4. The minimum absolute atomic E-state index is 0.0242. The smallest absolute Gasteiger partial charge is 0.302 e. The van der Waals surface area contributed by atoms with Crippen LogP contribution in [0.4, 0.5) is 0 Å². The number of hydrogen-bond donors (Lipinski definition) is 2. The van der Waals surface area contributed by atoms with Crippen LogP contribution in [0.5, 0.6) is 0 Å². The summed E-state index contributed by atoms with van der Waals surface area (Å²) >= 11 is 0. The van der Waals surface area contributed by atoms with E-state index in [1.54, 1.807) is 0 Å². The van der Waals surface area contributed by atoms with Crippen molar-refractivity contribution in [2.75, 3.05) is 0 Å². The van der Waals surface area contributed by atoms with Gasteiger partial charge >= 0.3 is 5.97 Å². The molecule has 5 rings (SSSR count). The lowest BCUT2D eigenvalue weighted by Gasteiger charge is -2.60. The number of nitrogens with two attached hydrogens (primary N) is 1. The number of hydrogen-bond acceptors (Lipinski definition) is 5. The predicted octanol–water partition coefficient (Wildman–Crippen LogP) is 2.16. The molecule has 5 fully saturated rings. The van der Waals surface area contributed by atoms with Gasteiger partial charge in [0.15, 0.2) is 0 Å². The Hall–Kier alpha value is -1.14. The normalized spacial score (nSPS) is 56.6. The number of aliphatic hydroxyl groups excluding tert-OH is 1. The van der Waals surface area contributed by atoms with Gasteiger partial charge in [-0.05, 0) is 62.7 Å². The van der Waals surface area contributed by atoms with Crippen molar-refractivity contribution in [3.8, 4) is 0 Å². The lowest BCUT2D eigenvalue weighted by Crippen LogP contribution is -2.61. The first-order chi connectivity index (χ1) is 13.1. The third kappa shape index (κ3) is 2.16. The monoisotopic (exact) mass is 391 g/mol. The molecule has 0 aromatic heterocycles. The number of primary amides is 1. The zero-order valence-corrected chi connectivity index (χ0v) is 17.1. The van der Waals surface area contributed by atoms with Crippen molar-refractivity contribution in [1.29, 1.82) is 0 Å². The number of ether oxygens (including phenoxy) is 2. The fourth-order valence-electron chi connectivity index (χ4n) is 8.39. The molecule has 28 heavy (non-hydrogen) atoms. The Morgan fingerprint density at radius 3 is 2.54 bits per heavy atom. The zero-order chi connectivity index (χ0) is 20.1. The average Bonchev–Trinajstić information content (AvgIpc) is 3.28. The second-order valence-corrected chi connectivity index (χ2v) is 10.7. The van der Waals surface area contributed by atoms with Gasteiger partial charge in [0.25, 0.3) is 0 Å². The third-order valence-corrected chi connectivity index (χ3v) is 9.76. The number of epoxide rings is 1. The van der Waals surface area contributed by atoms with Crippen LogP contribution in [0, 0.1) is 34.5 Å². The van der Waals surface area contributed by atoms with Crippen molar-refractivity contribution in [3.05, 3.63) is 0 Å². The molecule has 0 aromatic carbocycles. The van der Waals surface area contributed by atoms with Crippen LogP contribution in [0.2, 0.25) is 0 Å². The van der Waals surface area contributed by atoms with Crippen molar-refractivity contribution in [2.45, 2.75) is 89.6 Å². The number of esters is 1. The van der Waals surface area contributed by atoms with Gasteiger partial charge in [-0.3, -0.25) is 9.59 Å². The van der Waals surface area contributed by atoms with Gasteiger partial charge in [0.2, 0.25) is 5.91 Å².